The van der Waals surface area contributed by atoms with Crippen molar-refractivity contribution in [2.45, 2.75) is 20.3 Å². The van der Waals surface area contributed by atoms with Gasteiger partial charge >= 0.3 is 29.6 Å². The summed E-state index contributed by atoms with van der Waals surface area (Å²) in [5.41, 5.74) is 0. The van der Waals surface area contributed by atoms with E-state index in [9.17, 15) is 9.90 Å². The molecule has 0 saturated carbocycles. The molecule has 0 aromatic rings. The molecule has 0 aliphatic heterocycles. The monoisotopic (exact) mass is 124 g/mol. The maximum absolute atomic E-state index is 9.82. The van der Waals surface area contributed by atoms with Crippen molar-refractivity contribution in [1.29, 1.82) is 0 Å². The van der Waals surface area contributed by atoms with E-state index in [1.807, 2.05) is 6.92 Å². The fourth-order valence-corrected chi connectivity index (χ4v) is 0.167. The van der Waals surface area contributed by atoms with Crippen LogP contribution in [0.15, 0.2) is 0 Å². The number of aliphatic carboxylic acids is 1. The first-order valence-corrected chi connectivity index (χ1v) is 2.39. The van der Waals surface area contributed by atoms with E-state index in [-0.39, 0.29) is 35.5 Å². The Kier molecular flexibility index (Phi) is 7.91. The standard InChI is InChI=1S/C5H10O2.Na/c1-3-4(2)5(6)7;/h4H,3H2,1-2H3,(H,6,7);/q;+1/p-1/t4-;/m1./s1. The summed E-state index contributed by atoms with van der Waals surface area (Å²) < 4.78 is 0. The molecule has 0 bridgehead atoms. The van der Waals surface area contributed by atoms with Crippen molar-refractivity contribution in [1.82, 2.24) is 0 Å². The Labute approximate surface area is 71.6 Å². The van der Waals surface area contributed by atoms with Crippen LogP contribution in [0.1, 0.15) is 20.3 Å². The number of carboxylic acid groups (broad SMARTS) is 1. The van der Waals surface area contributed by atoms with Crippen LogP contribution in [0, 0.1) is 5.92 Å². The minimum atomic E-state index is -0.956. The van der Waals surface area contributed by atoms with Crippen molar-refractivity contribution in [3.05, 3.63) is 0 Å². The molecule has 1 atom stereocenters. The Morgan fingerprint density at radius 1 is 1.75 bits per heavy atom. The van der Waals surface area contributed by atoms with Crippen molar-refractivity contribution in [2.24, 2.45) is 5.92 Å². The first-order valence-electron chi connectivity index (χ1n) is 2.39. The van der Waals surface area contributed by atoms with Crippen molar-refractivity contribution in [2.75, 3.05) is 0 Å². The molecule has 8 heavy (non-hydrogen) atoms. The van der Waals surface area contributed by atoms with Gasteiger partial charge in [-0.2, -0.15) is 0 Å². The molecule has 0 amide bonds. The number of hydrogen-bond acceptors (Lipinski definition) is 2. The summed E-state index contributed by atoms with van der Waals surface area (Å²) in [5.74, 6) is -1.25. The minimum absolute atomic E-state index is 0. The molecule has 0 spiro atoms. The molecule has 2 nitrogen and oxygen atoms in total. The molecule has 0 fully saturated rings. The van der Waals surface area contributed by atoms with E-state index in [0.717, 1.165) is 0 Å². The summed E-state index contributed by atoms with van der Waals surface area (Å²) >= 11 is 0. The molecule has 0 aromatic heterocycles. The van der Waals surface area contributed by atoms with E-state index in [0.29, 0.717) is 6.42 Å². The molecule has 0 aliphatic carbocycles. The van der Waals surface area contributed by atoms with Crippen molar-refractivity contribution in [3.63, 3.8) is 0 Å². The minimum Gasteiger partial charge on any atom is -0.550 e. The number of carbonyl (C=O) groups is 1. The summed E-state index contributed by atoms with van der Waals surface area (Å²) in [6.07, 6.45) is 0.655. The van der Waals surface area contributed by atoms with Gasteiger partial charge in [0.05, 0.1) is 0 Å². The molecular formula is C5H9NaO2. The summed E-state index contributed by atoms with van der Waals surface area (Å²) in [6, 6.07) is 0. The molecule has 0 heterocycles. The molecule has 0 aliphatic rings. The molecule has 0 N–H and O–H groups in total. The fourth-order valence-electron chi connectivity index (χ4n) is 0.167. The third kappa shape index (κ3) is 4.62. The van der Waals surface area contributed by atoms with Crippen LogP contribution in [0.4, 0.5) is 0 Å². The van der Waals surface area contributed by atoms with E-state index < -0.39 is 5.97 Å². The van der Waals surface area contributed by atoms with Crippen LogP contribution < -0.4 is 34.7 Å². The molecule has 42 valence electrons. The van der Waals surface area contributed by atoms with Gasteiger partial charge in [-0.25, -0.2) is 0 Å². The van der Waals surface area contributed by atoms with Gasteiger partial charge in [-0.15, -0.1) is 0 Å². The van der Waals surface area contributed by atoms with E-state index in [2.05, 4.69) is 0 Å². The van der Waals surface area contributed by atoms with Crippen molar-refractivity contribution < 1.29 is 39.5 Å². The second-order valence-corrected chi connectivity index (χ2v) is 1.63. The molecule has 0 radical (unpaired) electrons. The molecule has 0 aromatic carbocycles. The van der Waals surface area contributed by atoms with Crippen LogP contribution >= 0.6 is 0 Å². The second-order valence-electron chi connectivity index (χ2n) is 1.63. The molecule has 0 unspecified atom stereocenters. The van der Waals surface area contributed by atoms with Crippen molar-refractivity contribution >= 4 is 5.97 Å². The largest absolute Gasteiger partial charge is 1.00 e. The van der Waals surface area contributed by atoms with Gasteiger partial charge in [-0.3, -0.25) is 0 Å². The fraction of sp³-hybridized carbons (Fsp3) is 0.800. The number of rotatable bonds is 2. The summed E-state index contributed by atoms with van der Waals surface area (Å²) in [5, 5.41) is 9.82. The van der Waals surface area contributed by atoms with E-state index >= 15 is 0 Å². The topological polar surface area (TPSA) is 40.1 Å². The van der Waals surface area contributed by atoms with Gasteiger partial charge in [0.15, 0.2) is 0 Å². The van der Waals surface area contributed by atoms with Gasteiger partial charge < -0.3 is 9.90 Å². The Hall–Kier alpha value is 0.470. The zero-order valence-electron chi connectivity index (χ0n) is 5.60. The number of carbonyl (C=O) groups excluding carboxylic acids is 1. The van der Waals surface area contributed by atoms with Gasteiger partial charge in [0, 0.05) is 5.97 Å². The van der Waals surface area contributed by atoms with Gasteiger partial charge in [0.1, 0.15) is 0 Å². The van der Waals surface area contributed by atoms with E-state index in [4.69, 9.17) is 0 Å². The smallest absolute Gasteiger partial charge is 0.550 e. The third-order valence-electron chi connectivity index (χ3n) is 1.01. The average Bonchev–Trinajstić information content (AvgIpc) is 1.65. The molecular weight excluding hydrogens is 115 g/mol. The molecule has 3 heteroatoms. The Morgan fingerprint density at radius 2 is 2.12 bits per heavy atom. The number of hydrogen-bond donors (Lipinski definition) is 0. The normalized spacial score (nSPS) is 11.8. The molecule has 0 rings (SSSR count). The summed E-state index contributed by atoms with van der Waals surface area (Å²) in [4.78, 5) is 9.82. The summed E-state index contributed by atoms with van der Waals surface area (Å²) in [6.45, 7) is 3.45. The van der Waals surface area contributed by atoms with Crippen LogP contribution in [0.3, 0.4) is 0 Å². The SMILES string of the molecule is CC[C@@H](C)C(=O)[O-].[Na+]. The Morgan fingerprint density at radius 3 is 2.12 bits per heavy atom. The van der Waals surface area contributed by atoms with Crippen LogP contribution in [0.25, 0.3) is 0 Å². The number of carboxylic acids is 1. The van der Waals surface area contributed by atoms with E-state index in [1.165, 1.54) is 0 Å². The van der Waals surface area contributed by atoms with Gasteiger partial charge in [-0.05, 0) is 12.3 Å². The zero-order valence-corrected chi connectivity index (χ0v) is 7.60. The van der Waals surface area contributed by atoms with Crippen LogP contribution in [0.5, 0.6) is 0 Å². The quantitative estimate of drug-likeness (QED) is 0.363. The van der Waals surface area contributed by atoms with E-state index in [1.54, 1.807) is 6.92 Å². The predicted molar refractivity (Wildman–Crippen MR) is 24.5 cm³/mol. The maximum Gasteiger partial charge on any atom is 1.00 e. The Bertz CT molecular complexity index is 72.8. The zero-order chi connectivity index (χ0) is 5.86. The van der Waals surface area contributed by atoms with Crippen molar-refractivity contribution in [3.8, 4) is 0 Å². The van der Waals surface area contributed by atoms with Crippen LogP contribution in [0.2, 0.25) is 0 Å². The summed E-state index contributed by atoms with van der Waals surface area (Å²) in [7, 11) is 0. The molecule has 0 saturated heterocycles. The first-order chi connectivity index (χ1) is 3.18. The average molecular weight is 124 g/mol. The van der Waals surface area contributed by atoms with Crippen LogP contribution in [-0.2, 0) is 4.79 Å². The Balaban J connectivity index is 0. The van der Waals surface area contributed by atoms with Crippen LogP contribution in [-0.4, -0.2) is 5.97 Å². The van der Waals surface area contributed by atoms with Gasteiger partial charge in [0.25, 0.3) is 0 Å². The maximum atomic E-state index is 9.82. The third-order valence-corrected chi connectivity index (χ3v) is 1.01. The van der Waals surface area contributed by atoms with Gasteiger partial charge in [0.2, 0.25) is 0 Å². The predicted octanol–water partition coefficient (Wildman–Crippen LogP) is -3.21. The first kappa shape index (κ1) is 11.3. The van der Waals surface area contributed by atoms with Gasteiger partial charge in [-0.1, -0.05) is 13.8 Å². The second kappa shape index (κ2) is 5.60.